The second kappa shape index (κ2) is 10.5. The molecule has 0 atom stereocenters. The van der Waals surface area contributed by atoms with Crippen LogP contribution in [0.1, 0.15) is 44.1 Å². The van der Waals surface area contributed by atoms with E-state index in [9.17, 15) is 4.79 Å². The number of piperidine rings is 2. The maximum Gasteiger partial charge on any atom is 0.404 e. The second-order valence-corrected chi connectivity index (χ2v) is 7.66. The maximum atomic E-state index is 10.8. The van der Waals surface area contributed by atoms with Gasteiger partial charge in [0, 0.05) is 26.2 Å². The van der Waals surface area contributed by atoms with Gasteiger partial charge < -0.3 is 20.1 Å². The van der Waals surface area contributed by atoms with Crippen molar-refractivity contribution in [2.45, 2.75) is 51.2 Å². The molecule has 1 aromatic rings. The van der Waals surface area contributed by atoms with Crippen molar-refractivity contribution in [2.24, 2.45) is 5.73 Å². The van der Waals surface area contributed by atoms with Gasteiger partial charge in [0.2, 0.25) is 0 Å². The van der Waals surface area contributed by atoms with Gasteiger partial charge in [-0.15, -0.1) is 0 Å². The van der Waals surface area contributed by atoms with Gasteiger partial charge in [0.15, 0.2) is 0 Å². The molecule has 1 amide bonds. The summed E-state index contributed by atoms with van der Waals surface area (Å²) >= 11 is 0. The van der Waals surface area contributed by atoms with Crippen LogP contribution in [0.25, 0.3) is 0 Å². The second-order valence-electron chi connectivity index (χ2n) is 7.66. The van der Waals surface area contributed by atoms with E-state index in [0.29, 0.717) is 0 Å². The van der Waals surface area contributed by atoms with Crippen LogP contribution in [-0.2, 0) is 11.3 Å². The molecule has 0 unspecified atom stereocenters. The van der Waals surface area contributed by atoms with Crippen LogP contribution in [0.3, 0.4) is 0 Å². The minimum Gasteiger partial charge on any atom is -0.494 e. The summed E-state index contributed by atoms with van der Waals surface area (Å²) in [7, 11) is 0. The quantitative estimate of drug-likeness (QED) is 0.708. The topological polar surface area (TPSA) is 68.0 Å². The number of hydrogen-bond donors (Lipinski definition) is 1. The summed E-state index contributed by atoms with van der Waals surface area (Å²) in [5.41, 5.74) is 6.37. The summed E-state index contributed by atoms with van der Waals surface area (Å²) in [6.07, 6.45) is 6.17. The highest BCUT2D eigenvalue weighted by molar-refractivity contribution is 5.64. The predicted molar refractivity (Wildman–Crippen MR) is 106 cm³/mol. The molecule has 2 aliphatic rings. The fourth-order valence-corrected chi connectivity index (χ4v) is 3.96. The number of benzene rings is 1. The number of likely N-dealkylation sites (tertiary alicyclic amines) is 2. The monoisotopic (exact) mass is 375 g/mol. The molecule has 0 aromatic heterocycles. The number of nitrogens with zero attached hydrogens (tertiary/aromatic N) is 2. The van der Waals surface area contributed by atoms with E-state index in [2.05, 4.69) is 34.1 Å². The van der Waals surface area contributed by atoms with E-state index in [4.69, 9.17) is 15.2 Å². The van der Waals surface area contributed by atoms with E-state index < -0.39 is 6.09 Å². The number of hydrogen-bond acceptors (Lipinski definition) is 5. The molecule has 2 aliphatic heterocycles. The largest absolute Gasteiger partial charge is 0.494 e. The number of ether oxygens (including phenoxy) is 2. The van der Waals surface area contributed by atoms with Gasteiger partial charge in [-0.25, -0.2) is 4.79 Å². The Morgan fingerprint density at radius 3 is 2.37 bits per heavy atom. The van der Waals surface area contributed by atoms with Crippen molar-refractivity contribution in [1.29, 1.82) is 0 Å². The first kappa shape index (κ1) is 20.0. The van der Waals surface area contributed by atoms with E-state index in [1.165, 1.54) is 37.9 Å². The number of carbonyl (C=O) groups is 1. The number of primary amides is 1. The Morgan fingerprint density at radius 1 is 1.00 bits per heavy atom. The van der Waals surface area contributed by atoms with Gasteiger partial charge in [-0.2, -0.15) is 0 Å². The average molecular weight is 376 g/mol. The van der Waals surface area contributed by atoms with Crippen LogP contribution in [0.2, 0.25) is 0 Å². The van der Waals surface area contributed by atoms with E-state index in [0.717, 1.165) is 57.8 Å². The summed E-state index contributed by atoms with van der Waals surface area (Å²) in [4.78, 5) is 15.8. The van der Waals surface area contributed by atoms with Crippen molar-refractivity contribution in [3.63, 3.8) is 0 Å². The van der Waals surface area contributed by atoms with Crippen LogP contribution in [0.5, 0.6) is 5.75 Å². The van der Waals surface area contributed by atoms with Crippen molar-refractivity contribution in [1.82, 2.24) is 9.80 Å². The molecule has 0 bridgehead atoms. The Morgan fingerprint density at radius 2 is 1.70 bits per heavy atom. The highest BCUT2D eigenvalue weighted by Gasteiger charge is 2.21. The third kappa shape index (κ3) is 7.03. The Balaban J connectivity index is 1.32. The molecule has 6 nitrogen and oxygen atoms in total. The number of amides is 1. The van der Waals surface area contributed by atoms with Crippen molar-refractivity contribution >= 4 is 6.09 Å². The minimum atomic E-state index is -0.667. The van der Waals surface area contributed by atoms with Crippen LogP contribution in [0.15, 0.2) is 24.3 Å². The van der Waals surface area contributed by atoms with Crippen LogP contribution in [0, 0.1) is 0 Å². The number of nitrogens with two attached hydrogens (primary N) is 1. The van der Waals surface area contributed by atoms with Gasteiger partial charge in [0.25, 0.3) is 0 Å². The molecule has 150 valence electrons. The average Bonchev–Trinajstić information content (AvgIpc) is 2.68. The summed E-state index contributed by atoms with van der Waals surface area (Å²) in [5, 5.41) is 0. The van der Waals surface area contributed by atoms with Crippen LogP contribution in [0.4, 0.5) is 4.79 Å². The molecule has 6 heteroatoms. The summed E-state index contributed by atoms with van der Waals surface area (Å²) in [6.45, 7) is 7.19. The summed E-state index contributed by atoms with van der Waals surface area (Å²) in [6, 6.07) is 8.43. The Hall–Kier alpha value is -1.79. The number of carbonyl (C=O) groups excluding carboxylic acids is 1. The standard InChI is InChI=1S/C21H33N3O3/c22-21(25)27-20-9-14-24(15-10-20)17-18-5-7-19(8-6-18)26-16-4-13-23-11-2-1-3-12-23/h5-8,20H,1-4,9-17H2,(H2,22,25). The lowest BCUT2D eigenvalue weighted by Gasteiger charge is -2.31. The molecule has 2 saturated heterocycles. The van der Waals surface area contributed by atoms with Gasteiger partial charge in [0.05, 0.1) is 6.61 Å². The molecular formula is C21H33N3O3. The van der Waals surface area contributed by atoms with Crippen LogP contribution in [-0.4, -0.2) is 61.3 Å². The third-order valence-electron chi connectivity index (χ3n) is 5.48. The number of rotatable bonds is 8. The van der Waals surface area contributed by atoms with Gasteiger partial charge >= 0.3 is 6.09 Å². The Labute approximate surface area is 162 Å². The van der Waals surface area contributed by atoms with Gasteiger partial charge in [-0.3, -0.25) is 4.90 Å². The highest BCUT2D eigenvalue weighted by atomic mass is 16.6. The maximum absolute atomic E-state index is 10.8. The fraction of sp³-hybridized carbons (Fsp3) is 0.667. The van der Waals surface area contributed by atoms with Gasteiger partial charge in [0.1, 0.15) is 11.9 Å². The fourth-order valence-electron chi connectivity index (χ4n) is 3.96. The highest BCUT2D eigenvalue weighted by Crippen LogP contribution is 2.18. The molecule has 3 rings (SSSR count). The lowest BCUT2D eigenvalue weighted by molar-refractivity contribution is 0.0541. The Bertz CT molecular complexity index is 565. The molecule has 0 aliphatic carbocycles. The first-order valence-electron chi connectivity index (χ1n) is 10.3. The molecule has 2 N–H and O–H groups in total. The molecule has 0 spiro atoms. The molecule has 0 saturated carbocycles. The first-order valence-corrected chi connectivity index (χ1v) is 10.3. The van der Waals surface area contributed by atoms with E-state index in [1.807, 2.05) is 0 Å². The van der Waals surface area contributed by atoms with Crippen LogP contribution < -0.4 is 10.5 Å². The molecule has 1 aromatic carbocycles. The lowest BCUT2D eigenvalue weighted by Crippen LogP contribution is -2.38. The molecule has 27 heavy (non-hydrogen) atoms. The first-order chi connectivity index (χ1) is 13.2. The predicted octanol–water partition coefficient (Wildman–Crippen LogP) is 3.00. The zero-order chi connectivity index (χ0) is 18.9. The minimum absolute atomic E-state index is 0.0283. The van der Waals surface area contributed by atoms with Gasteiger partial charge in [-0.05, 0) is 62.9 Å². The van der Waals surface area contributed by atoms with E-state index in [-0.39, 0.29) is 6.10 Å². The Kier molecular flexibility index (Phi) is 7.78. The lowest BCUT2D eigenvalue weighted by atomic mass is 10.1. The molecule has 2 fully saturated rings. The van der Waals surface area contributed by atoms with Gasteiger partial charge in [-0.1, -0.05) is 18.6 Å². The molecule has 2 heterocycles. The van der Waals surface area contributed by atoms with Crippen molar-refractivity contribution in [2.75, 3.05) is 39.3 Å². The van der Waals surface area contributed by atoms with E-state index >= 15 is 0 Å². The van der Waals surface area contributed by atoms with Crippen molar-refractivity contribution in [3.05, 3.63) is 29.8 Å². The van der Waals surface area contributed by atoms with Crippen LogP contribution >= 0.6 is 0 Å². The molecule has 0 radical (unpaired) electrons. The normalized spacial score (nSPS) is 19.7. The smallest absolute Gasteiger partial charge is 0.404 e. The summed E-state index contributed by atoms with van der Waals surface area (Å²) < 4.78 is 11.0. The van der Waals surface area contributed by atoms with E-state index in [1.54, 1.807) is 0 Å². The van der Waals surface area contributed by atoms with Crippen molar-refractivity contribution < 1.29 is 14.3 Å². The zero-order valence-electron chi connectivity index (χ0n) is 16.3. The SMILES string of the molecule is NC(=O)OC1CCN(Cc2ccc(OCCCN3CCCCC3)cc2)CC1. The third-order valence-corrected chi connectivity index (χ3v) is 5.48. The summed E-state index contributed by atoms with van der Waals surface area (Å²) in [5.74, 6) is 0.950. The van der Waals surface area contributed by atoms with Crippen molar-refractivity contribution in [3.8, 4) is 5.75 Å². The molecular weight excluding hydrogens is 342 g/mol. The zero-order valence-corrected chi connectivity index (χ0v) is 16.3.